The van der Waals surface area contributed by atoms with Crippen molar-refractivity contribution in [3.63, 3.8) is 0 Å². The fourth-order valence-electron chi connectivity index (χ4n) is 1.68. The lowest BCUT2D eigenvalue weighted by molar-refractivity contribution is 0.440. The summed E-state index contributed by atoms with van der Waals surface area (Å²) in [6.07, 6.45) is 4.94. The van der Waals surface area contributed by atoms with Crippen LogP contribution in [0.5, 0.6) is 11.8 Å². The van der Waals surface area contributed by atoms with Gasteiger partial charge in [-0.1, -0.05) is 18.2 Å². The number of ether oxygens (including phenoxy) is 1. The van der Waals surface area contributed by atoms with Crippen molar-refractivity contribution < 1.29 is 4.74 Å². The molecule has 2 aromatic heterocycles. The van der Waals surface area contributed by atoms with E-state index in [2.05, 4.69) is 15.0 Å². The number of alkyl halides is 1. The zero-order valence-corrected chi connectivity index (χ0v) is 10.7. The number of fused-ring (bicyclic) bond motifs is 1. The van der Waals surface area contributed by atoms with Gasteiger partial charge >= 0.3 is 6.01 Å². The molecule has 0 aliphatic heterocycles. The van der Waals surface area contributed by atoms with Gasteiger partial charge in [0.2, 0.25) is 0 Å². The molecule has 3 rings (SSSR count). The molecule has 0 radical (unpaired) electrons. The normalized spacial score (nSPS) is 10.6. The molecular formula is C14H10ClN3O. The summed E-state index contributed by atoms with van der Waals surface area (Å²) in [5, 5.41) is 1.01. The van der Waals surface area contributed by atoms with Gasteiger partial charge in [-0.2, -0.15) is 0 Å². The molecule has 0 amide bonds. The molecule has 0 aliphatic carbocycles. The van der Waals surface area contributed by atoms with E-state index in [0.29, 0.717) is 11.6 Å². The lowest BCUT2D eigenvalue weighted by Crippen LogP contribution is -1.93. The number of benzene rings is 1. The Balaban J connectivity index is 1.87. The SMILES string of the molecule is ClCc1cnc(Oc2cnc3ccccc3c2)nc1. The van der Waals surface area contributed by atoms with Crippen molar-refractivity contribution in [2.75, 3.05) is 0 Å². The highest BCUT2D eigenvalue weighted by Crippen LogP contribution is 2.21. The molecule has 94 valence electrons. The Labute approximate surface area is 115 Å². The largest absolute Gasteiger partial charge is 0.423 e. The number of halogens is 1. The first-order valence-corrected chi connectivity index (χ1v) is 6.28. The molecule has 0 atom stereocenters. The molecule has 0 saturated carbocycles. The second-order valence-corrected chi connectivity index (χ2v) is 4.24. The molecule has 4 nitrogen and oxygen atoms in total. The van der Waals surface area contributed by atoms with Crippen molar-refractivity contribution in [2.45, 2.75) is 5.88 Å². The molecule has 2 heterocycles. The molecule has 0 aliphatic rings. The third kappa shape index (κ3) is 2.63. The minimum Gasteiger partial charge on any atom is -0.423 e. The van der Waals surface area contributed by atoms with Gasteiger partial charge in [0.25, 0.3) is 0 Å². The van der Waals surface area contributed by atoms with Crippen molar-refractivity contribution in [3.8, 4) is 11.8 Å². The van der Waals surface area contributed by atoms with E-state index >= 15 is 0 Å². The molecular weight excluding hydrogens is 262 g/mol. The Morgan fingerprint density at radius 1 is 1.00 bits per heavy atom. The smallest absolute Gasteiger partial charge is 0.321 e. The first-order valence-electron chi connectivity index (χ1n) is 5.75. The van der Waals surface area contributed by atoms with E-state index in [0.717, 1.165) is 16.5 Å². The second kappa shape index (κ2) is 5.20. The molecule has 3 aromatic rings. The van der Waals surface area contributed by atoms with Crippen molar-refractivity contribution in [1.29, 1.82) is 0 Å². The molecule has 5 heteroatoms. The van der Waals surface area contributed by atoms with Crippen LogP contribution in [0.3, 0.4) is 0 Å². The van der Waals surface area contributed by atoms with E-state index < -0.39 is 0 Å². The van der Waals surface area contributed by atoms with Gasteiger partial charge in [0, 0.05) is 23.3 Å². The van der Waals surface area contributed by atoms with Crippen LogP contribution < -0.4 is 4.74 Å². The van der Waals surface area contributed by atoms with Gasteiger partial charge in [0.05, 0.1) is 17.6 Å². The standard InChI is InChI=1S/C14H10ClN3O/c15-6-10-7-17-14(18-8-10)19-12-5-11-3-1-2-4-13(11)16-9-12/h1-5,7-9H,6H2. The Kier molecular flexibility index (Phi) is 3.25. The van der Waals surface area contributed by atoms with E-state index in [1.807, 2.05) is 30.3 Å². The highest BCUT2D eigenvalue weighted by atomic mass is 35.5. The maximum Gasteiger partial charge on any atom is 0.321 e. The molecule has 0 unspecified atom stereocenters. The van der Waals surface area contributed by atoms with Gasteiger partial charge in [-0.15, -0.1) is 11.6 Å². The lowest BCUT2D eigenvalue weighted by atomic mass is 10.2. The Morgan fingerprint density at radius 3 is 2.58 bits per heavy atom. The van der Waals surface area contributed by atoms with Gasteiger partial charge < -0.3 is 4.74 Å². The quantitative estimate of drug-likeness (QED) is 0.684. The second-order valence-electron chi connectivity index (χ2n) is 3.97. The molecule has 0 spiro atoms. The summed E-state index contributed by atoms with van der Waals surface area (Å²) in [4.78, 5) is 12.5. The van der Waals surface area contributed by atoms with Gasteiger partial charge in [0.1, 0.15) is 5.75 Å². The fraction of sp³-hybridized carbons (Fsp3) is 0.0714. The molecule has 0 saturated heterocycles. The van der Waals surface area contributed by atoms with Gasteiger partial charge in [-0.05, 0) is 12.1 Å². The molecule has 0 bridgehead atoms. The Hall–Kier alpha value is -2.20. The highest BCUT2D eigenvalue weighted by Gasteiger charge is 2.02. The van der Waals surface area contributed by atoms with E-state index in [9.17, 15) is 0 Å². The van der Waals surface area contributed by atoms with Crippen LogP contribution in [0.2, 0.25) is 0 Å². The fourth-order valence-corrected chi connectivity index (χ4v) is 1.81. The van der Waals surface area contributed by atoms with Crippen LogP contribution in [0.25, 0.3) is 10.9 Å². The van der Waals surface area contributed by atoms with Crippen LogP contribution in [0, 0.1) is 0 Å². The maximum atomic E-state index is 5.67. The molecule has 0 fully saturated rings. The highest BCUT2D eigenvalue weighted by molar-refractivity contribution is 6.17. The third-order valence-electron chi connectivity index (χ3n) is 2.61. The van der Waals surface area contributed by atoms with Crippen LogP contribution in [-0.4, -0.2) is 15.0 Å². The third-order valence-corrected chi connectivity index (χ3v) is 2.92. The van der Waals surface area contributed by atoms with E-state index in [1.54, 1.807) is 18.6 Å². The van der Waals surface area contributed by atoms with Crippen molar-refractivity contribution in [3.05, 3.63) is 54.5 Å². The number of aromatic nitrogens is 3. The van der Waals surface area contributed by atoms with Crippen molar-refractivity contribution >= 4 is 22.5 Å². The van der Waals surface area contributed by atoms with Crippen LogP contribution in [0.1, 0.15) is 5.56 Å². The monoisotopic (exact) mass is 271 g/mol. The maximum absolute atomic E-state index is 5.67. The first kappa shape index (κ1) is 11.9. The zero-order valence-electron chi connectivity index (χ0n) is 9.95. The minimum atomic E-state index is 0.283. The van der Waals surface area contributed by atoms with Crippen molar-refractivity contribution in [2.24, 2.45) is 0 Å². The number of nitrogens with zero attached hydrogens (tertiary/aromatic N) is 3. The summed E-state index contributed by atoms with van der Waals surface area (Å²) in [5.74, 6) is 0.995. The Bertz CT molecular complexity index is 700. The number of pyridine rings is 1. The predicted molar refractivity (Wildman–Crippen MR) is 73.4 cm³/mol. The van der Waals surface area contributed by atoms with Gasteiger partial charge in [-0.3, -0.25) is 4.98 Å². The predicted octanol–water partition coefficient (Wildman–Crippen LogP) is 3.56. The summed E-state index contributed by atoms with van der Waals surface area (Å²) in [6, 6.07) is 10.0. The first-order chi connectivity index (χ1) is 9.35. The Morgan fingerprint density at radius 2 is 1.79 bits per heavy atom. The van der Waals surface area contributed by atoms with Crippen LogP contribution in [0.4, 0.5) is 0 Å². The van der Waals surface area contributed by atoms with E-state index in [-0.39, 0.29) is 6.01 Å². The lowest BCUT2D eigenvalue weighted by Gasteiger charge is -2.04. The van der Waals surface area contributed by atoms with Gasteiger partial charge in [0.15, 0.2) is 0 Å². The summed E-state index contributed by atoms with van der Waals surface area (Å²) in [7, 11) is 0. The van der Waals surface area contributed by atoms with Crippen LogP contribution in [0.15, 0.2) is 48.9 Å². The number of hydrogen-bond donors (Lipinski definition) is 0. The summed E-state index contributed by atoms with van der Waals surface area (Å²) >= 11 is 5.67. The molecule has 1 aromatic carbocycles. The zero-order chi connectivity index (χ0) is 13.1. The van der Waals surface area contributed by atoms with Crippen molar-refractivity contribution in [1.82, 2.24) is 15.0 Å². The van der Waals surface area contributed by atoms with Gasteiger partial charge in [-0.25, -0.2) is 9.97 Å². The number of rotatable bonds is 3. The summed E-state index contributed by atoms with van der Waals surface area (Å²) in [6.45, 7) is 0. The average molecular weight is 272 g/mol. The molecule has 0 N–H and O–H groups in total. The summed E-state index contributed by atoms with van der Waals surface area (Å²) in [5.41, 5.74) is 1.78. The number of hydrogen-bond acceptors (Lipinski definition) is 4. The minimum absolute atomic E-state index is 0.283. The number of para-hydroxylation sites is 1. The summed E-state index contributed by atoms with van der Waals surface area (Å²) < 4.78 is 5.56. The van der Waals surface area contributed by atoms with Crippen LogP contribution in [-0.2, 0) is 5.88 Å². The topological polar surface area (TPSA) is 47.9 Å². The van der Waals surface area contributed by atoms with E-state index in [1.165, 1.54) is 0 Å². The van der Waals surface area contributed by atoms with Crippen LogP contribution >= 0.6 is 11.6 Å². The van der Waals surface area contributed by atoms with E-state index in [4.69, 9.17) is 16.3 Å². The molecule has 19 heavy (non-hydrogen) atoms. The average Bonchev–Trinajstić information content (AvgIpc) is 2.48.